The SMILES string of the molecule is Cc1ccc(C(=O)Nc2nccs2)cc1-c1nc(NC(CO)CO)nc2c1ccc(=O)n2-c1c(F)cccc1F.O=C(O)C(F)(F)F. The average Bonchev–Trinajstić information content (AvgIpc) is 3.53. The van der Waals surface area contributed by atoms with Crippen LogP contribution in [0, 0.1) is 18.6 Å². The molecule has 5 rings (SSSR count). The van der Waals surface area contributed by atoms with Gasteiger partial charge in [-0.3, -0.25) is 19.5 Å². The van der Waals surface area contributed by atoms with Crippen molar-refractivity contribution in [1.29, 1.82) is 0 Å². The van der Waals surface area contributed by atoms with Crippen LogP contribution in [0.4, 0.5) is 33.0 Å². The maximum Gasteiger partial charge on any atom is 0.490 e. The third kappa shape index (κ3) is 7.91. The highest BCUT2D eigenvalue weighted by molar-refractivity contribution is 7.13. The number of amides is 1. The van der Waals surface area contributed by atoms with E-state index in [9.17, 15) is 41.8 Å². The molecule has 0 atom stereocenters. The van der Waals surface area contributed by atoms with Crippen LogP contribution in [0.5, 0.6) is 0 Å². The number of halogens is 5. The number of aliphatic carboxylic acids is 1. The minimum atomic E-state index is -5.08. The number of benzene rings is 2. The zero-order valence-electron chi connectivity index (χ0n) is 23.9. The number of carbonyl (C=O) groups is 2. The van der Waals surface area contributed by atoms with Crippen molar-refractivity contribution in [2.24, 2.45) is 0 Å². The molecule has 18 heteroatoms. The molecule has 0 spiro atoms. The molecule has 3 aromatic heterocycles. The molecule has 47 heavy (non-hydrogen) atoms. The van der Waals surface area contributed by atoms with Gasteiger partial charge in [-0.2, -0.15) is 18.2 Å². The summed E-state index contributed by atoms with van der Waals surface area (Å²) in [4.78, 5) is 47.8. The van der Waals surface area contributed by atoms with E-state index in [0.717, 1.165) is 22.8 Å². The molecular weight excluding hydrogens is 655 g/mol. The molecule has 12 nitrogen and oxygen atoms in total. The Labute approximate surface area is 264 Å². The molecule has 0 radical (unpaired) electrons. The summed E-state index contributed by atoms with van der Waals surface area (Å²) in [5.41, 5.74) is 0.210. The second-order valence-electron chi connectivity index (χ2n) is 9.54. The summed E-state index contributed by atoms with van der Waals surface area (Å²) in [6, 6.07) is 9.87. The Bertz CT molecular complexity index is 1960. The van der Waals surface area contributed by atoms with Crippen LogP contribution in [0.15, 0.2) is 64.9 Å². The van der Waals surface area contributed by atoms with Crippen molar-refractivity contribution >= 4 is 45.3 Å². The number of pyridine rings is 1. The van der Waals surface area contributed by atoms with E-state index in [-0.39, 0.29) is 28.2 Å². The molecule has 2 aromatic carbocycles. The van der Waals surface area contributed by atoms with E-state index in [1.165, 1.54) is 23.5 Å². The number of para-hydroxylation sites is 1. The van der Waals surface area contributed by atoms with Gasteiger partial charge in [0.25, 0.3) is 11.5 Å². The van der Waals surface area contributed by atoms with E-state index in [1.54, 1.807) is 36.7 Å². The van der Waals surface area contributed by atoms with Gasteiger partial charge in [0.1, 0.15) is 17.3 Å². The van der Waals surface area contributed by atoms with Crippen molar-refractivity contribution in [2.45, 2.75) is 19.1 Å². The van der Waals surface area contributed by atoms with Crippen LogP contribution in [0.1, 0.15) is 15.9 Å². The maximum absolute atomic E-state index is 14.9. The average molecular weight is 679 g/mol. The lowest BCUT2D eigenvalue weighted by Gasteiger charge is -2.18. The predicted molar refractivity (Wildman–Crippen MR) is 161 cm³/mol. The number of nitrogens with one attached hydrogen (secondary N) is 2. The Morgan fingerprint density at radius 2 is 1.68 bits per heavy atom. The van der Waals surface area contributed by atoms with Crippen LogP contribution in [0.2, 0.25) is 0 Å². The monoisotopic (exact) mass is 678 g/mol. The van der Waals surface area contributed by atoms with Gasteiger partial charge >= 0.3 is 12.1 Å². The second kappa shape index (κ2) is 14.4. The molecule has 3 heterocycles. The molecule has 5 N–H and O–H groups in total. The Kier molecular flexibility index (Phi) is 10.6. The number of aliphatic hydroxyl groups excluding tert-OH is 2. The molecule has 0 saturated carbocycles. The lowest BCUT2D eigenvalue weighted by Crippen LogP contribution is -2.29. The second-order valence-corrected chi connectivity index (χ2v) is 10.4. The van der Waals surface area contributed by atoms with Gasteiger partial charge in [0.15, 0.2) is 10.8 Å². The first kappa shape index (κ1) is 34.5. The molecule has 0 aliphatic carbocycles. The van der Waals surface area contributed by atoms with Gasteiger partial charge < -0.3 is 20.6 Å². The van der Waals surface area contributed by atoms with Gasteiger partial charge in [-0.15, -0.1) is 11.3 Å². The molecule has 246 valence electrons. The number of hydrogen-bond acceptors (Lipinski definition) is 10. The summed E-state index contributed by atoms with van der Waals surface area (Å²) in [6.07, 6.45) is -3.52. The summed E-state index contributed by atoms with van der Waals surface area (Å²) >= 11 is 1.26. The standard InChI is InChI=1S/C27H22F2N6O4S.C2HF3O2/c1-14-5-6-15(25(39)34-27-30-9-10-40-27)11-18(14)22-17-7-8-21(38)35(23-19(28)3-2-4-20(23)29)24(17)33-26(32-22)31-16(12-36)13-37;3-2(4,5)1(6)7/h2-11,16,36-37H,12-13H2,1H3,(H,30,34,39)(H,31,32,33);(H,6,7). The first-order valence-electron chi connectivity index (χ1n) is 13.2. The molecule has 0 aliphatic rings. The Morgan fingerprint density at radius 1 is 1.02 bits per heavy atom. The smallest absolute Gasteiger partial charge is 0.475 e. The molecular formula is C29H23F5N6O6S. The van der Waals surface area contributed by atoms with Crippen molar-refractivity contribution in [3.63, 3.8) is 0 Å². The van der Waals surface area contributed by atoms with Crippen molar-refractivity contribution in [2.75, 3.05) is 23.8 Å². The topological polar surface area (TPSA) is 180 Å². The lowest BCUT2D eigenvalue weighted by molar-refractivity contribution is -0.192. The lowest BCUT2D eigenvalue weighted by atomic mass is 9.99. The normalized spacial score (nSPS) is 11.3. The van der Waals surface area contributed by atoms with E-state index >= 15 is 0 Å². The number of carboxylic acids is 1. The number of anilines is 2. The van der Waals surface area contributed by atoms with Gasteiger partial charge in [0.2, 0.25) is 5.95 Å². The fraction of sp³-hybridized carbons (Fsp3) is 0.172. The molecule has 0 aliphatic heterocycles. The first-order valence-corrected chi connectivity index (χ1v) is 14.1. The quantitative estimate of drug-likeness (QED) is 0.150. The molecule has 5 aromatic rings. The minimum absolute atomic E-state index is 0.122. The molecule has 0 bridgehead atoms. The largest absolute Gasteiger partial charge is 0.490 e. The highest BCUT2D eigenvalue weighted by atomic mass is 32.1. The van der Waals surface area contributed by atoms with E-state index < -0.39 is 60.2 Å². The van der Waals surface area contributed by atoms with Gasteiger partial charge in [0, 0.05) is 34.2 Å². The maximum atomic E-state index is 14.9. The molecule has 0 fully saturated rings. The summed E-state index contributed by atoms with van der Waals surface area (Å²) in [5.74, 6) is -5.26. The number of hydrogen-bond donors (Lipinski definition) is 5. The number of aryl methyl sites for hydroxylation is 1. The third-order valence-corrected chi connectivity index (χ3v) is 7.02. The van der Waals surface area contributed by atoms with E-state index in [0.29, 0.717) is 16.3 Å². The van der Waals surface area contributed by atoms with Gasteiger partial charge in [0.05, 0.1) is 24.9 Å². The number of carbonyl (C=O) groups excluding carboxylic acids is 1. The number of nitrogens with zero attached hydrogens (tertiary/aromatic N) is 4. The van der Waals surface area contributed by atoms with Gasteiger partial charge in [-0.1, -0.05) is 12.1 Å². The predicted octanol–water partition coefficient (Wildman–Crippen LogP) is 4.14. The summed E-state index contributed by atoms with van der Waals surface area (Å²) < 4.78 is 62.3. The molecule has 1 amide bonds. The number of aromatic nitrogens is 4. The van der Waals surface area contributed by atoms with Crippen LogP contribution in [0.25, 0.3) is 28.0 Å². The van der Waals surface area contributed by atoms with Gasteiger partial charge in [-0.05, 0) is 42.8 Å². The number of aliphatic hydroxyl groups is 2. The van der Waals surface area contributed by atoms with Crippen molar-refractivity contribution in [3.05, 3.63) is 93.2 Å². The van der Waals surface area contributed by atoms with E-state index in [2.05, 4.69) is 25.6 Å². The summed E-state index contributed by atoms with van der Waals surface area (Å²) in [5, 5.41) is 34.2. The van der Waals surface area contributed by atoms with Crippen LogP contribution >= 0.6 is 11.3 Å². The number of carboxylic acid groups (broad SMARTS) is 1. The highest BCUT2D eigenvalue weighted by Crippen LogP contribution is 2.32. The van der Waals surface area contributed by atoms with E-state index in [4.69, 9.17) is 9.90 Å². The van der Waals surface area contributed by atoms with Crippen LogP contribution < -0.4 is 16.2 Å². The van der Waals surface area contributed by atoms with Crippen molar-refractivity contribution < 1.29 is 46.9 Å². The van der Waals surface area contributed by atoms with Gasteiger partial charge in [-0.25, -0.2) is 23.5 Å². The summed E-state index contributed by atoms with van der Waals surface area (Å²) in [7, 11) is 0. The number of rotatable bonds is 8. The molecule has 0 saturated heterocycles. The Balaban J connectivity index is 0.000000644. The number of thiazole rings is 1. The number of alkyl halides is 3. The number of fused-ring (bicyclic) bond motifs is 1. The van der Waals surface area contributed by atoms with Crippen molar-refractivity contribution in [3.8, 4) is 16.9 Å². The zero-order valence-corrected chi connectivity index (χ0v) is 24.7. The highest BCUT2D eigenvalue weighted by Gasteiger charge is 2.38. The molecule has 0 unspecified atom stereocenters. The van der Waals surface area contributed by atoms with Crippen LogP contribution in [-0.4, -0.2) is 72.1 Å². The Morgan fingerprint density at radius 3 is 2.26 bits per heavy atom. The van der Waals surface area contributed by atoms with Crippen LogP contribution in [0.3, 0.4) is 0 Å². The zero-order chi connectivity index (χ0) is 34.5. The van der Waals surface area contributed by atoms with E-state index in [1.807, 2.05) is 0 Å². The van der Waals surface area contributed by atoms with Crippen molar-refractivity contribution in [1.82, 2.24) is 19.5 Å². The Hall–Kier alpha value is -5.33. The fourth-order valence-electron chi connectivity index (χ4n) is 4.11. The minimum Gasteiger partial charge on any atom is -0.475 e. The fourth-order valence-corrected chi connectivity index (χ4v) is 4.63. The van der Waals surface area contributed by atoms with Crippen LogP contribution in [-0.2, 0) is 4.79 Å². The third-order valence-electron chi connectivity index (χ3n) is 6.34. The summed E-state index contributed by atoms with van der Waals surface area (Å²) in [6.45, 7) is 0.847. The first-order chi connectivity index (χ1) is 22.2.